The van der Waals surface area contributed by atoms with E-state index in [0.29, 0.717) is 0 Å². The van der Waals surface area contributed by atoms with Gasteiger partial charge >= 0.3 is 11.4 Å². The van der Waals surface area contributed by atoms with Crippen LogP contribution in [0.5, 0.6) is 5.75 Å². The molecule has 0 spiro atoms. The van der Waals surface area contributed by atoms with Crippen LogP contribution in [0.4, 0.5) is 11.4 Å². The number of nitro groups is 1. The molecule has 1 aromatic carbocycles. The summed E-state index contributed by atoms with van der Waals surface area (Å²) in [7, 11) is 1.33. The van der Waals surface area contributed by atoms with Crippen LogP contribution in [-0.2, 0) is 0 Å². The van der Waals surface area contributed by atoms with E-state index in [0.717, 1.165) is 6.07 Å². The van der Waals surface area contributed by atoms with Gasteiger partial charge in [-0.25, -0.2) is 0 Å². The molecule has 0 aliphatic heterocycles. The summed E-state index contributed by atoms with van der Waals surface area (Å²) in [6.45, 7) is 0. The van der Waals surface area contributed by atoms with Crippen molar-refractivity contribution in [1.29, 1.82) is 5.39 Å². The molecule has 13 heavy (non-hydrogen) atoms. The van der Waals surface area contributed by atoms with Crippen molar-refractivity contribution in [3.63, 3.8) is 0 Å². The third kappa shape index (κ3) is 1.70. The first-order valence-corrected chi connectivity index (χ1v) is 3.36. The molecular formula is C7H6N3O3+. The van der Waals surface area contributed by atoms with E-state index in [9.17, 15) is 10.1 Å². The highest BCUT2D eigenvalue weighted by Crippen LogP contribution is 2.30. The zero-order chi connectivity index (χ0) is 9.84. The maximum atomic E-state index is 10.5. The lowest BCUT2D eigenvalue weighted by Gasteiger charge is -1.97. The summed E-state index contributed by atoms with van der Waals surface area (Å²) in [6, 6.07) is 3.90. The van der Waals surface area contributed by atoms with Crippen molar-refractivity contribution in [3.05, 3.63) is 33.3 Å². The number of nitrogens with zero attached hydrogens (tertiary/aromatic N) is 3. The number of methoxy groups -OCH3 is 1. The first-order chi connectivity index (χ1) is 6.19. The van der Waals surface area contributed by atoms with Gasteiger partial charge in [-0.1, -0.05) is 0 Å². The van der Waals surface area contributed by atoms with Crippen LogP contribution >= 0.6 is 0 Å². The van der Waals surface area contributed by atoms with Crippen LogP contribution in [0, 0.1) is 15.5 Å². The summed E-state index contributed by atoms with van der Waals surface area (Å²) in [4.78, 5) is 12.7. The van der Waals surface area contributed by atoms with E-state index in [-0.39, 0.29) is 17.1 Å². The summed E-state index contributed by atoms with van der Waals surface area (Å²) in [5.74, 6) is 0.136. The highest BCUT2D eigenvalue weighted by atomic mass is 16.6. The summed E-state index contributed by atoms with van der Waals surface area (Å²) in [5.41, 5.74) is -0.106. The first-order valence-electron chi connectivity index (χ1n) is 3.36. The number of rotatable bonds is 2. The van der Waals surface area contributed by atoms with Gasteiger partial charge in [-0.05, 0) is 6.07 Å². The van der Waals surface area contributed by atoms with Gasteiger partial charge in [0, 0.05) is 6.07 Å². The lowest BCUT2D eigenvalue weighted by Crippen LogP contribution is -1.92. The number of benzene rings is 1. The standard InChI is InChI=1S/C7H6N3O3/c1-13-7-3-2-5(9-8)4-6(7)10(11)12/h2-4H,1H3/q+1. The Labute approximate surface area is 73.5 Å². The van der Waals surface area contributed by atoms with Crippen LogP contribution in [0.3, 0.4) is 0 Å². The van der Waals surface area contributed by atoms with Crippen molar-refractivity contribution in [2.24, 2.45) is 0 Å². The predicted octanol–water partition coefficient (Wildman–Crippen LogP) is 2.09. The van der Waals surface area contributed by atoms with Gasteiger partial charge in [-0.2, -0.15) is 0 Å². The van der Waals surface area contributed by atoms with Gasteiger partial charge in [0.25, 0.3) is 0 Å². The van der Waals surface area contributed by atoms with Crippen molar-refractivity contribution in [2.75, 3.05) is 7.11 Å². The Hall–Kier alpha value is -2.16. The third-order valence-electron chi connectivity index (χ3n) is 1.47. The topological polar surface area (TPSA) is 80.5 Å². The Kier molecular flexibility index (Phi) is 2.40. The fraction of sp³-hybridized carbons (Fsp3) is 0.143. The minimum Gasteiger partial charge on any atom is -0.490 e. The molecule has 0 saturated carbocycles. The van der Waals surface area contributed by atoms with Crippen molar-refractivity contribution < 1.29 is 9.66 Å². The van der Waals surface area contributed by atoms with Gasteiger partial charge in [-0.15, -0.1) is 0 Å². The van der Waals surface area contributed by atoms with Crippen LogP contribution in [-0.4, -0.2) is 12.0 Å². The largest absolute Gasteiger partial charge is 0.490 e. The molecule has 6 heteroatoms. The Morgan fingerprint density at radius 2 is 2.31 bits per heavy atom. The van der Waals surface area contributed by atoms with Crippen molar-refractivity contribution >= 4 is 11.4 Å². The minimum absolute atomic E-state index is 0.118. The Balaban J connectivity index is 3.28. The molecule has 0 atom stereocenters. The van der Waals surface area contributed by atoms with E-state index >= 15 is 0 Å². The van der Waals surface area contributed by atoms with Crippen molar-refractivity contribution in [2.45, 2.75) is 0 Å². The van der Waals surface area contributed by atoms with E-state index in [1.165, 1.54) is 19.2 Å². The fourth-order valence-electron chi connectivity index (χ4n) is 0.883. The molecule has 66 valence electrons. The number of hydrogen-bond donors (Lipinski definition) is 0. The van der Waals surface area contributed by atoms with Gasteiger partial charge in [-0.3, -0.25) is 10.1 Å². The normalized spacial score (nSPS) is 8.92. The zero-order valence-electron chi connectivity index (χ0n) is 6.80. The molecule has 0 aliphatic carbocycles. The lowest BCUT2D eigenvalue weighted by atomic mass is 10.2. The first kappa shape index (κ1) is 8.93. The van der Waals surface area contributed by atoms with Crippen LogP contribution in [0.15, 0.2) is 18.2 Å². The van der Waals surface area contributed by atoms with Crippen LogP contribution in [0.1, 0.15) is 0 Å². The molecule has 0 aromatic heterocycles. The fourth-order valence-corrected chi connectivity index (χ4v) is 0.883. The molecule has 1 aromatic rings. The summed E-state index contributed by atoms with van der Waals surface area (Å²) in [5, 5.41) is 18.8. The second-order valence-electron chi connectivity index (χ2n) is 2.21. The van der Waals surface area contributed by atoms with E-state index in [1.807, 2.05) is 0 Å². The van der Waals surface area contributed by atoms with E-state index in [1.54, 1.807) is 0 Å². The molecule has 0 unspecified atom stereocenters. The second kappa shape index (κ2) is 3.49. The van der Waals surface area contributed by atoms with E-state index in [4.69, 9.17) is 10.1 Å². The Bertz CT molecular complexity index is 383. The summed E-state index contributed by atoms with van der Waals surface area (Å²) in [6.07, 6.45) is 0. The number of ether oxygens (including phenoxy) is 1. The second-order valence-corrected chi connectivity index (χ2v) is 2.21. The molecule has 0 N–H and O–H groups in total. The Morgan fingerprint density at radius 3 is 2.77 bits per heavy atom. The van der Waals surface area contributed by atoms with E-state index < -0.39 is 4.92 Å². The highest BCUT2D eigenvalue weighted by molar-refractivity contribution is 5.58. The number of hydrogen-bond acceptors (Lipinski definition) is 4. The molecule has 0 radical (unpaired) electrons. The van der Waals surface area contributed by atoms with Crippen LogP contribution in [0.2, 0.25) is 0 Å². The maximum absolute atomic E-state index is 10.5. The van der Waals surface area contributed by atoms with Crippen molar-refractivity contribution in [3.8, 4) is 5.75 Å². The quantitative estimate of drug-likeness (QED) is 0.396. The van der Waals surface area contributed by atoms with Crippen LogP contribution < -0.4 is 4.74 Å². The molecular weight excluding hydrogens is 174 g/mol. The number of diazo groups is 1. The van der Waals surface area contributed by atoms with Crippen molar-refractivity contribution in [1.82, 2.24) is 0 Å². The summed E-state index contributed by atoms with van der Waals surface area (Å²) >= 11 is 0. The maximum Gasteiger partial charge on any atom is 0.392 e. The predicted molar refractivity (Wildman–Crippen MR) is 44.4 cm³/mol. The van der Waals surface area contributed by atoms with Gasteiger partial charge in [0.05, 0.1) is 12.0 Å². The average molecular weight is 180 g/mol. The Morgan fingerprint density at radius 1 is 1.62 bits per heavy atom. The molecule has 0 amide bonds. The smallest absolute Gasteiger partial charge is 0.392 e. The molecule has 0 heterocycles. The van der Waals surface area contributed by atoms with Crippen LogP contribution in [0.25, 0.3) is 4.98 Å². The molecule has 0 fully saturated rings. The average Bonchev–Trinajstić information content (AvgIpc) is 2.16. The summed E-state index contributed by atoms with van der Waals surface area (Å²) < 4.78 is 4.74. The number of nitro benzene ring substituents is 1. The van der Waals surface area contributed by atoms with Gasteiger partial charge in [0.15, 0.2) is 10.7 Å². The third-order valence-corrected chi connectivity index (χ3v) is 1.47. The zero-order valence-corrected chi connectivity index (χ0v) is 6.80. The van der Waals surface area contributed by atoms with E-state index in [2.05, 4.69) is 4.98 Å². The minimum atomic E-state index is -0.604. The highest BCUT2D eigenvalue weighted by Gasteiger charge is 2.19. The molecule has 0 saturated heterocycles. The van der Waals surface area contributed by atoms with Gasteiger partial charge < -0.3 is 4.74 Å². The molecule has 6 nitrogen and oxygen atoms in total. The monoisotopic (exact) mass is 180 g/mol. The van der Waals surface area contributed by atoms with Gasteiger partial charge in [0.1, 0.15) is 6.07 Å². The molecule has 1 rings (SSSR count). The lowest BCUT2D eigenvalue weighted by molar-refractivity contribution is -0.385. The molecule has 0 aliphatic rings. The molecule has 0 bridgehead atoms. The van der Waals surface area contributed by atoms with Gasteiger partial charge in [0.2, 0.25) is 5.39 Å². The SMILES string of the molecule is COc1ccc([N+]#N)cc1[N+](=O)[O-].